The number of carbonyl (C=O) groups is 1. The van der Waals surface area contributed by atoms with E-state index in [9.17, 15) is 18.3 Å². The molecule has 2 heterocycles. The highest BCUT2D eigenvalue weighted by molar-refractivity contribution is 8.02. The van der Waals surface area contributed by atoms with Crippen LogP contribution in [0.1, 0.15) is 10.4 Å². The fourth-order valence-corrected chi connectivity index (χ4v) is 5.27. The normalized spacial score (nSPS) is 26.1. The number of carboxylic acids is 1. The van der Waals surface area contributed by atoms with Crippen LogP contribution in [0.4, 0.5) is 0 Å². The second-order valence-electron chi connectivity index (χ2n) is 3.96. The monoisotopic (exact) mass is 289 g/mol. The number of carboxylic acid groups (broad SMARTS) is 1. The van der Waals surface area contributed by atoms with Gasteiger partial charge in [0, 0.05) is 6.20 Å². The van der Waals surface area contributed by atoms with Gasteiger partial charge in [0.05, 0.1) is 28.4 Å². The van der Waals surface area contributed by atoms with Crippen molar-refractivity contribution in [2.24, 2.45) is 0 Å². The van der Waals surface area contributed by atoms with Crippen LogP contribution in [-0.4, -0.2) is 52.4 Å². The molecule has 18 heavy (non-hydrogen) atoms. The summed E-state index contributed by atoms with van der Waals surface area (Å²) in [5.41, 5.74) is 0.0130. The molecule has 0 saturated carbocycles. The summed E-state index contributed by atoms with van der Waals surface area (Å²) < 4.78 is 22.7. The SMILES string of the molecule is O=C(O)c1cccnc1SC1CS(=O)(=O)CC1O. The van der Waals surface area contributed by atoms with Gasteiger partial charge in [-0.2, -0.15) is 0 Å². The van der Waals surface area contributed by atoms with Crippen molar-refractivity contribution in [3.05, 3.63) is 23.9 Å². The first-order valence-electron chi connectivity index (χ1n) is 5.12. The predicted octanol–water partition coefficient (Wildman–Crippen LogP) is 0.0298. The molecule has 0 aliphatic carbocycles. The Morgan fingerprint density at radius 3 is 2.72 bits per heavy atom. The number of pyridine rings is 1. The van der Waals surface area contributed by atoms with Crippen LogP contribution in [0.5, 0.6) is 0 Å². The number of aromatic carboxylic acids is 1. The molecule has 1 aromatic heterocycles. The molecule has 1 fully saturated rings. The van der Waals surface area contributed by atoms with Crippen LogP contribution in [0.3, 0.4) is 0 Å². The maximum atomic E-state index is 11.4. The Labute approximate surface area is 108 Å². The van der Waals surface area contributed by atoms with E-state index >= 15 is 0 Å². The average Bonchev–Trinajstić information content (AvgIpc) is 2.52. The second kappa shape index (κ2) is 4.87. The van der Waals surface area contributed by atoms with Crippen LogP contribution in [0.15, 0.2) is 23.4 Å². The van der Waals surface area contributed by atoms with Gasteiger partial charge in [0.15, 0.2) is 9.84 Å². The highest BCUT2D eigenvalue weighted by Crippen LogP contribution is 2.31. The number of hydrogen-bond acceptors (Lipinski definition) is 6. The van der Waals surface area contributed by atoms with Crippen molar-refractivity contribution in [3.63, 3.8) is 0 Å². The van der Waals surface area contributed by atoms with Gasteiger partial charge in [0.2, 0.25) is 0 Å². The number of aromatic nitrogens is 1. The Morgan fingerprint density at radius 2 is 2.17 bits per heavy atom. The van der Waals surface area contributed by atoms with E-state index in [1.54, 1.807) is 0 Å². The van der Waals surface area contributed by atoms with Crippen molar-refractivity contribution >= 4 is 27.6 Å². The number of aliphatic hydroxyl groups excluding tert-OH is 1. The molecule has 0 aromatic carbocycles. The van der Waals surface area contributed by atoms with E-state index in [0.29, 0.717) is 0 Å². The summed E-state index contributed by atoms with van der Waals surface area (Å²) in [6, 6.07) is 2.89. The van der Waals surface area contributed by atoms with Crippen molar-refractivity contribution in [2.75, 3.05) is 11.5 Å². The highest BCUT2D eigenvalue weighted by atomic mass is 32.2. The maximum Gasteiger partial charge on any atom is 0.338 e. The molecule has 1 aliphatic rings. The lowest BCUT2D eigenvalue weighted by molar-refractivity contribution is 0.0692. The minimum atomic E-state index is -3.24. The molecule has 6 nitrogen and oxygen atoms in total. The lowest BCUT2D eigenvalue weighted by atomic mass is 10.3. The molecule has 1 saturated heterocycles. The standard InChI is InChI=1S/C10H11NO5S2/c12-7-4-18(15,16)5-8(7)17-9-6(10(13)14)2-1-3-11-9/h1-3,7-8,12H,4-5H2,(H,13,14). The summed E-state index contributed by atoms with van der Waals surface area (Å²) in [6.45, 7) is 0. The van der Waals surface area contributed by atoms with E-state index in [1.807, 2.05) is 0 Å². The fourth-order valence-electron chi connectivity index (χ4n) is 1.70. The third kappa shape index (κ3) is 2.82. The van der Waals surface area contributed by atoms with Gasteiger partial charge in [0.1, 0.15) is 5.03 Å². The Bertz CT molecular complexity index is 571. The summed E-state index contributed by atoms with van der Waals surface area (Å²) in [5, 5.41) is 18.3. The molecule has 0 bridgehead atoms. The van der Waals surface area contributed by atoms with Crippen LogP contribution in [0.2, 0.25) is 0 Å². The van der Waals surface area contributed by atoms with Gasteiger partial charge in [-0.15, -0.1) is 0 Å². The Morgan fingerprint density at radius 1 is 1.44 bits per heavy atom. The largest absolute Gasteiger partial charge is 0.478 e. The van der Waals surface area contributed by atoms with Crippen molar-refractivity contribution in [2.45, 2.75) is 16.4 Å². The molecule has 2 atom stereocenters. The third-order valence-corrected chi connectivity index (χ3v) is 5.80. The molecule has 0 spiro atoms. The second-order valence-corrected chi connectivity index (χ2v) is 7.34. The molecule has 2 N–H and O–H groups in total. The minimum absolute atomic E-state index is 0.0130. The average molecular weight is 289 g/mol. The van der Waals surface area contributed by atoms with Gasteiger partial charge in [-0.3, -0.25) is 0 Å². The lowest BCUT2D eigenvalue weighted by Crippen LogP contribution is -2.20. The molecule has 1 aliphatic heterocycles. The van der Waals surface area contributed by atoms with E-state index in [0.717, 1.165) is 11.8 Å². The smallest absolute Gasteiger partial charge is 0.338 e. The van der Waals surface area contributed by atoms with Crippen LogP contribution in [0.25, 0.3) is 0 Å². The van der Waals surface area contributed by atoms with E-state index in [1.165, 1.54) is 18.3 Å². The molecule has 1 aromatic rings. The molecule has 0 radical (unpaired) electrons. The van der Waals surface area contributed by atoms with Crippen LogP contribution < -0.4 is 0 Å². The number of aliphatic hydroxyl groups is 1. The highest BCUT2D eigenvalue weighted by Gasteiger charge is 2.37. The van der Waals surface area contributed by atoms with Crippen LogP contribution in [-0.2, 0) is 9.84 Å². The quantitative estimate of drug-likeness (QED) is 0.808. The van der Waals surface area contributed by atoms with Gasteiger partial charge in [-0.05, 0) is 12.1 Å². The Hall–Kier alpha value is -1.12. The Balaban J connectivity index is 2.23. The molecule has 2 unspecified atom stereocenters. The summed E-state index contributed by atoms with van der Waals surface area (Å²) >= 11 is 0.995. The van der Waals surface area contributed by atoms with E-state index < -0.39 is 27.2 Å². The number of hydrogen-bond donors (Lipinski definition) is 2. The maximum absolute atomic E-state index is 11.4. The van der Waals surface area contributed by atoms with Crippen LogP contribution in [0, 0.1) is 0 Å². The number of nitrogens with zero attached hydrogens (tertiary/aromatic N) is 1. The minimum Gasteiger partial charge on any atom is -0.478 e. The molecule has 0 amide bonds. The first-order valence-corrected chi connectivity index (χ1v) is 7.82. The van der Waals surface area contributed by atoms with Crippen molar-refractivity contribution in [1.82, 2.24) is 4.98 Å². The van der Waals surface area contributed by atoms with Gasteiger partial charge in [-0.1, -0.05) is 11.8 Å². The van der Waals surface area contributed by atoms with E-state index in [-0.39, 0.29) is 22.1 Å². The van der Waals surface area contributed by atoms with Gasteiger partial charge in [0.25, 0.3) is 0 Å². The summed E-state index contributed by atoms with van der Waals surface area (Å²) in [4.78, 5) is 14.9. The zero-order valence-corrected chi connectivity index (χ0v) is 10.8. The summed E-state index contributed by atoms with van der Waals surface area (Å²) in [5.74, 6) is -1.56. The first-order chi connectivity index (χ1) is 8.39. The van der Waals surface area contributed by atoms with Crippen LogP contribution >= 0.6 is 11.8 Å². The number of sulfone groups is 1. The fraction of sp³-hybridized carbons (Fsp3) is 0.400. The zero-order valence-electron chi connectivity index (χ0n) is 9.18. The number of thioether (sulfide) groups is 1. The lowest BCUT2D eigenvalue weighted by Gasteiger charge is -2.12. The van der Waals surface area contributed by atoms with Crippen molar-refractivity contribution in [1.29, 1.82) is 0 Å². The third-order valence-electron chi connectivity index (χ3n) is 2.54. The van der Waals surface area contributed by atoms with Gasteiger partial charge >= 0.3 is 5.97 Å². The zero-order chi connectivity index (χ0) is 13.3. The summed E-state index contributed by atoms with van der Waals surface area (Å²) in [6.07, 6.45) is 0.452. The Kier molecular flexibility index (Phi) is 3.60. The first kappa shape index (κ1) is 13.3. The number of rotatable bonds is 3. The molecule has 2 rings (SSSR count). The predicted molar refractivity (Wildman–Crippen MR) is 65.5 cm³/mol. The molecule has 98 valence electrons. The molecule has 8 heteroatoms. The van der Waals surface area contributed by atoms with E-state index in [4.69, 9.17) is 5.11 Å². The van der Waals surface area contributed by atoms with Crippen molar-refractivity contribution in [3.8, 4) is 0 Å². The molecular weight excluding hydrogens is 278 g/mol. The van der Waals surface area contributed by atoms with Gasteiger partial charge < -0.3 is 10.2 Å². The van der Waals surface area contributed by atoms with E-state index in [2.05, 4.69) is 4.98 Å². The topological polar surface area (TPSA) is 105 Å². The summed E-state index contributed by atoms with van der Waals surface area (Å²) in [7, 11) is -3.24. The van der Waals surface area contributed by atoms with Crippen molar-refractivity contribution < 1.29 is 23.4 Å². The molecular formula is C10H11NO5S2. The van der Waals surface area contributed by atoms with Gasteiger partial charge in [-0.25, -0.2) is 18.2 Å².